The van der Waals surface area contributed by atoms with Gasteiger partial charge in [-0.05, 0) is 26.9 Å². The monoisotopic (exact) mass is 181 g/mol. The Morgan fingerprint density at radius 1 is 1.62 bits per heavy atom. The molecule has 0 aliphatic heterocycles. The summed E-state index contributed by atoms with van der Waals surface area (Å²) in [4.78, 5) is 2.18. The maximum atomic E-state index is 5.49. The third kappa shape index (κ3) is 1.54. The van der Waals surface area contributed by atoms with Gasteiger partial charge in [0.1, 0.15) is 0 Å². The summed E-state index contributed by atoms with van der Waals surface area (Å²) in [6.07, 6.45) is 2.38. The molecule has 0 saturated heterocycles. The number of nitrogens with two attached hydrogens (primary N) is 1. The van der Waals surface area contributed by atoms with Crippen molar-refractivity contribution in [3.63, 3.8) is 0 Å². The predicted molar refractivity (Wildman–Crippen MR) is 50.4 cm³/mol. The average molecular weight is 181 g/mol. The van der Waals surface area contributed by atoms with Gasteiger partial charge in [-0.25, -0.2) is 0 Å². The Hall–Kier alpha value is -1.03. The lowest BCUT2D eigenvalue weighted by atomic mass is 10.0. The summed E-state index contributed by atoms with van der Waals surface area (Å²) < 4.78 is 4.88. The fraction of sp³-hybridized carbons (Fsp3) is 0.667. The van der Waals surface area contributed by atoms with Gasteiger partial charge in [0, 0.05) is 18.0 Å². The van der Waals surface area contributed by atoms with E-state index in [9.17, 15) is 0 Å². The lowest BCUT2D eigenvalue weighted by molar-refractivity contribution is 0.345. The summed E-state index contributed by atoms with van der Waals surface area (Å²) in [6, 6.07) is 1.84. The van der Waals surface area contributed by atoms with Crippen molar-refractivity contribution < 1.29 is 4.52 Å². The first kappa shape index (κ1) is 8.56. The maximum absolute atomic E-state index is 5.49. The van der Waals surface area contributed by atoms with Crippen molar-refractivity contribution in [1.82, 2.24) is 10.1 Å². The van der Waals surface area contributed by atoms with Crippen molar-refractivity contribution in [2.45, 2.75) is 18.3 Å². The Kier molecular flexibility index (Phi) is 1.80. The first-order valence-corrected chi connectivity index (χ1v) is 4.50. The zero-order valence-electron chi connectivity index (χ0n) is 8.08. The second kappa shape index (κ2) is 2.73. The summed E-state index contributed by atoms with van der Waals surface area (Å²) >= 11 is 0. The number of anilines is 1. The second-order valence-electron chi connectivity index (χ2n) is 4.13. The molecule has 4 heteroatoms. The molecule has 1 heterocycles. The molecule has 1 aliphatic carbocycles. The van der Waals surface area contributed by atoms with Gasteiger partial charge in [-0.1, -0.05) is 5.16 Å². The molecule has 13 heavy (non-hydrogen) atoms. The van der Waals surface area contributed by atoms with Crippen LogP contribution in [0, 0.1) is 0 Å². The van der Waals surface area contributed by atoms with Crippen LogP contribution in [-0.4, -0.2) is 30.7 Å². The summed E-state index contributed by atoms with van der Waals surface area (Å²) in [5.41, 5.74) is 6.73. The molecular weight excluding hydrogens is 166 g/mol. The lowest BCUT2D eigenvalue weighted by Crippen LogP contribution is -2.26. The highest BCUT2D eigenvalue weighted by atomic mass is 16.5. The molecule has 1 aromatic heterocycles. The van der Waals surface area contributed by atoms with E-state index in [-0.39, 0.29) is 5.41 Å². The molecule has 2 N–H and O–H groups in total. The standard InChI is InChI=1S/C9H15N3O/c1-12(2)6-9(3-4-9)7-5-8(10)13-11-7/h5H,3-4,6,10H2,1-2H3. The molecule has 72 valence electrons. The minimum absolute atomic E-state index is 0.227. The highest BCUT2D eigenvalue weighted by Crippen LogP contribution is 2.48. The fourth-order valence-corrected chi connectivity index (χ4v) is 1.79. The van der Waals surface area contributed by atoms with E-state index in [1.165, 1.54) is 12.8 Å². The van der Waals surface area contributed by atoms with Crippen molar-refractivity contribution in [3.8, 4) is 0 Å². The van der Waals surface area contributed by atoms with Crippen LogP contribution >= 0.6 is 0 Å². The van der Waals surface area contributed by atoms with Crippen LogP contribution in [0.1, 0.15) is 18.5 Å². The van der Waals surface area contributed by atoms with E-state index in [1.807, 2.05) is 6.07 Å². The number of nitrogen functional groups attached to an aromatic ring is 1. The minimum Gasteiger partial charge on any atom is -0.368 e. The van der Waals surface area contributed by atoms with Gasteiger partial charge in [0.2, 0.25) is 5.88 Å². The fourth-order valence-electron chi connectivity index (χ4n) is 1.79. The van der Waals surface area contributed by atoms with Gasteiger partial charge in [-0.2, -0.15) is 0 Å². The van der Waals surface area contributed by atoms with E-state index in [1.54, 1.807) is 0 Å². The molecule has 4 nitrogen and oxygen atoms in total. The highest BCUT2D eigenvalue weighted by Gasteiger charge is 2.47. The van der Waals surface area contributed by atoms with Crippen LogP contribution in [0.15, 0.2) is 10.6 Å². The van der Waals surface area contributed by atoms with Gasteiger partial charge in [0.15, 0.2) is 0 Å². The molecule has 1 saturated carbocycles. The first-order valence-electron chi connectivity index (χ1n) is 4.50. The number of nitrogens with zero attached hydrogens (tertiary/aromatic N) is 2. The molecular formula is C9H15N3O. The smallest absolute Gasteiger partial charge is 0.222 e. The topological polar surface area (TPSA) is 55.3 Å². The van der Waals surface area contributed by atoms with Crippen LogP contribution in [0.5, 0.6) is 0 Å². The van der Waals surface area contributed by atoms with Gasteiger partial charge >= 0.3 is 0 Å². The van der Waals surface area contributed by atoms with Crippen molar-refractivity contribution in [1.29, 1.82) is 0 Å². The molecule has 0 bridgehead atoms. The van der Waals surface area contributed by atoms with E-state index in [2.05, 4.69) is 24.2 Å². The first-order chi connectivity index (χ1) is 6.12. The van der Waals surface area contributed by atoms with E-state index in [0.29, 0.717) is 5.88 Å². The molecule has 0 radical (unpaired) electrons. The number of likely N-dealkylation sites (N-methyl/N-ethyl adjacent to an activating group) is 1. The second-order valence-corrected chi connectivity index (χ2v) is 4.13. The van der Waals surface area contributed by atoms with E-state index >= 15 is 0 Å². The van der Waals surface area contributed by atoms with Crippen LogP contribution in [-0.2, 0) is 5.41 Å². The Bertz CT molecular complexity index is 302. The Morgan fingerprint density at radius 2 is 2.31 bits per heavy atom. The van der Waals surface area contributed by atoms with Crippen LogP contribution in [0.2, 0.25) is 0 Å². The third-order valence-electron chi connectivity index (χ3n) is 2.54. The van der Waals surface area contributed by atoms with Crippen LogP contribution in [0.4, 0.5) is 5.88 Å². The zero-order chi connectivity index (χ0) is 9.47. The lowest BCUT2D eigenvalue weighted by Gasteiger charge is -2.16. The highest BCUT2D eigenvalue weighted by molar-refractivity contribution is 5.33. The molecule has 1 aromatic rings. The summed E-state index contributed by atoms with van der Waals surface area (Å²) in [6.45, 7) is 1.03. The third-order valence-corrected chi connectivity index (χ3v) is 2.54. The van der Waals surface area contributed by atoms with Crippen molar-refractivity contribution in [2.24, 2.45) is 0 Å². The molecule has 0 spiro atoms. The van der Waals surface area contributed by atoms with E-state index in [0.717, 1.165) is 12.2 Å². The summed E-state index contributed by atoms with van der Waals surface area (Å²) in [5, 5.41) is 3.98. The number of rotatable bonds is 3. The SMILES string of the molecule is CN(C)CC1(c2cc(N)on2)CC1. The van der Waals surface area contributed by atoms with Crippen LogP contribution < -0.4 is 5.73 Å². The molecule has 1 aliphatic rings. The van der Waals surface area contributed by atoms with Crippen LogP contribution in [0.3, 0.4) is 0 Å². The maximum Gasteiger partial charge on any atom is 0.222 e. The van der Waals surface area contributed by atoms with Crippen molar-refractivity contribution in [3.05, 3.63) is 11.8 Å². The van der Waals surface area contributed by atoms with Gasteiger partial charge < -0.3 is 15.2 Å². The zero-order valence-corrected chi connectivity index (χ0v) is 8.08. The van der Waals surface area contributed by atoms with Gasteiger partial charge in [-0.3, -0.25) is 0 Å². The van der Waals surface area contributed by atoms with E-state index < -0.39 is 0 Å². The van der Waals surface area contributed by atoms with Crippen molar-refractivity contribution in [2.75, 3.05) is 26.4 Å². The Morgan fingerprint density at radius 3 is 2.69 bits per heavy atom. The predicted octanol–water partition coefficient (Wildman–Crippen LogP) is 0.850. The molecule has 0 atom stereocenters. The van der Waals surface area contributed by atoms with Gasteiger partial charge in [0.25, 0.3) is 0 Å². The summed E-state index contributed by atoms with van der Waals surface area (Å²) in [5.74, 6) is 0.417. The Balaban J connectivity index is 2.16. The van der Waals surface area contributed by atoms with Gasteiger partial charge in [0.05, 0.1) is 5.69 Å². The minimum atomic E-state index is 0.227. The quantitative estimate of drug-likeness (QED) is 0.751. The molecule has 0 amide bonds. The Labute approximate surface area is 77.7 Å². The largest absolute Gasteiger partial charge is 0.368 e. The van der Waals surface area contributed by atoms with Crippen molar-refractivity contribution >= 4 is 5.88 Å². The molecule has 0 aromatic carbocycles. The number of aromatic nitrogens is 1. The molecule has 1 fully saturated rings. The average Bonchev–Trinajstić information content (AvgIpc) is 2.65. The number of hydrogen-bond acceptors (Lipinski definition) is 4. The van der Waals surface area contributed by atoms with E-state index in [4.69, 9.17) is 10.3 Å². The van der Waals surface area contributed by atoms with Crippen LogP contribution in [0.25, 0.3) is 0 Å². The number of hydrogen-bond donors (Lipinski definition) is 1. The molecule has 0 unspecified atom stereocenters. The normalized spacial score (nSPS) is 19.3. The molecule has 2 rings (SSSR count). The van der Waals surface area contributed by atoms with Gasteiger partial charge in [-0.15, -0.1) is 0 Å². The summed E-state index contributed by atoms with van der Waals surface area (Å²) in [7, 11) is 4.15.